The fraction of sp³-hybridized carbons (Fsp3) is 0.235. The van der Waals surface area contributed by atoms with Gasteiger partial charge in [0.15, 0.2) is 0 Å². The zero-order valence-corrected chi connectivity index (χ0v) is 13.1. The molecule has 0 unspecified atom stereocenters. The summed E-state index contributed by atoms with van der Waals surface area (Å²) in [5.74, 6) is 1.32. The van der Waals surface area contributed by atoms with E-state index in [0.29, 0.717) is 5.92 Å². The van der Waals surface area contributed by atoms with Crippen LogP contribution in [0, 0.1) is 6.92 Å². The van der Waals surface area contributed by atoms with Gasteiger partial charge in [-0.25, -0.2) is 4.98 Å². The predicted octanol–water partition coefficient (Wildman–Crippen LogP) is 4.69. The van der Waals surface area contributed by atoms with Crippen LogP contribution in [0.4, 0.5) is 5.69 Å². The predicted molar refractivity (Wildman–Crippen MR) is 89.3 cm³/mol. The van der Waals surface area contributed by atoms with E-state index in [2.05, 4.69) is 24.5 Å². The number of nitrogen functional groups attached to an aromatic ring is 1. The fourth-order valence-electron chi connectivity index (χ4n) is 2.59. The van der Waals surface area contributed by atoms with Crippen molar-refractivity contribution in [2.45, 2.75) is 26.7 Å². The minimum absolute atomic E-state index is 0.303. The van der Waals surface area contributed by atoms with Crippen LogP contribution in [0.15, 0.2) is 36.4 Å². The highest BCUT2D eigenvalue weighted by Crippen LogP contribution is 2.30. The van der Waals surface area contributed by atoms with Crippen LogP contribution in [0.25, 0.3) is 16.7 Å². The monoisotopic (exact) mass is 299 g/mol. The third-order valence-corrected chi connectivity index (χ3v) is 4.11. The van der Waals surface area contributed by atoms with Crippen molar-refractivity contribution < 1.29 is 0 Å². The Bertz CT molecular complexity index is 818. The molecule has 3 rings (SSSR count). The molecule has 0 spiro atoms. The van der Waals surface area contributed by atoms with Crippen molar-refractivity contribution in [2.75, 3.05) is 5.73 Å². The molecular formula is C17H18ClN3. The summed E-state index contributed by atoms with van der Waals surface area (Å²) in [5, 5.41) is 0.763. The molecule has 0 fully saturated rings. The van der Waals surface area contributed by atoms with E-state index >= 15 is 0 Å². The first kappa shape index (κ1) is 14.0. The molecule has 2 N–H and O–H groups in total. The largest absolute Gasteiger partial charge is 0.399 e. The van der Waals surface area contributed by atoms with Crippen LogP contribution in [-0.2, 0) is 0 Å². The zero-order chi connectivity index (χ0) is 15.1. The Balaban J connectivity index is 2.39. The van der Waals surface area contributed by atoms with Crippen molar-refractivity contribution in [2.24, 2.45) is 0 Å². The molecule has 1 aromatic heterocycles. The molecule has 0 saturated carbocycles. The molecule has 0 saturated heterocycles. The zero-order valence-electron chi connectivity index (χ0n) is 12.4. The van der Waals surface area contributed by atoms with Crippen LogP contribution in [-0.4, -0.2) is 9.55 Å². The molecule has 108 valence electrons. The quantitative estimate of drug-likeness (QED) is 0.697. The Kier molecular flexibility index (Phi) is 3.38. The van der Waals surface area contributed by atoms with E-state index in [1.807, 2.05) is 37.3 Å². The van der Waals surface area contributed by atoms with Gasteiger partial charge in [0.2, 0.25) is 0 Å². The Labute approximate surface area is 129 Å². The lowest BCUT2D eigenvalue weighted by Crippen LogP contribution is -2.05. The van der Waals surface area contributed by atoms with Crippen molar-refractivity contribution in [3.8, 4) is 5.69 Å². The van der Waals surface area contributed by atoms with Crippen molar-refractivity contribution in [3.63, 3.8) is 0 Å². The third-order valence-electron chi connectivity index (χ3n) is 3.70. The number of benzene rings is 2. The summed E-state index contributed by atoms with van der Waals surface area (Å²) in [4.78, 5) is 4.76. The lowest BCUT2D eigenvalue weighted by Gasteiger charge is -2.14. The van der Waals surface area contributed by atoms with Crippen LogP contribution in [0.2, 0.25) is 5.02 Å². The Morgan fingerprint density at radius 3 is 2.67 bits per heavy atom. The van der Waals surface area contributed by atoms with E-state index in [0.717, 1.165) is 38.8 Å². The van der Waals surface area contributed by atoms with Crippen molar-refractivity contribution in [1.82, 2.24) is 9.55 Å². The highest BCUT2D eigenvalue weighted by molar-refractivity contribution is 6.31. The summed E-state index contributed by atoms with van der Waals surface area (Å²) in [7, 11) is 0. The minimum atomic E-state index is 0.303. The number of nitrogens with zero attached hydrogens (tertiary/aromatic N) is 2. The van der Waals surface area contributed by atoms with Gasteiger partial charge in [0.1, 0.15) is 5.82 Å². The maximum atomic E-state index is 6.29. The number of fused-ring (bicyclic) bond motifs is 1. The van der Waals surface area contributed by atoms with Gasteiger partial charge in [0.25, 0.3) is 0 Å². The number of hydrogen-bond donors (Lipinski definition) is 1. The first-order valence-corrected chi connectivity index (χ1v) is 7.40. The molecule has 0 radical (unpaired) electrons. The lowest BCUT2D eigenvalue weighted by atomic mass is 10.1. The summed E-state index contributed by atoms with van der Waals surface area (Å²) in [6.45, 7) is 6.31. The summed E-state index contributed by atoms with van der Waals surface area (Å²) >= 11 is 6.29. The third kappa shape index (κ3) is 2.28. The van der Waals surface area contributed by atoms with E-state index < -0.39 is 0 Å². The van der Waals surface area contributed by atoms with Gasteiger partial charge < -0.3 is 5.73 Å². The molecule has 3 nitrogen and oxygen atoms in total. The first-order chi connectivity index (χ1) is 9.99. The number of rotatable bonds is 2. The standard InChI is InChI=1S/C17H18ClN3/c1-10(2)17-20-14-9-12(19)7-8-16(14)21(17)15-6-4-5-13(18)11(15)3/h4-10H,19H2,1-3H3. The van der Waals surface area contributed by atoms with Crippen LogP contribution in [0.3, 0.4) is 0 Å². The second-order valence-electron chi connectivity index (χ2n) is 5.59. The van der Waals surface area contributed by atoms with Gasteiger partial charge in [-0.1, -0.05) is 31.5 Å². The lowest BCUT2D eigenvalue weighted by molar-refractivity contribution is 0.758. The van der Waals surface area contributed by atoms with E-state index in [1.54, 1.807) is 0 Å². The van der Waals surface area contributed by atoms with Crippen molar-refractivity contribution in [3.05, 3.63) is 52.8 Å². The fourth-order valence-corrected chi connectivity index (χ4v) is 2.76. The smallest absolute Gasteiger partial charge is 0.117 e. The number of anilines is 1. The molecule has 0 aliphatic rings. The average Bonchev–Trinajstić information content (AvgIpc) is 2.80. The van der Waals surface area contributed by atoms with Gasteiger partial charge in [0.05, 0.1) is 16.7 Å². The van der Waals surface area contributed by atoms with Gasteiger partial charge >= 0.3 is 0 Å². The molecule has 2 aromatic carbocycles. The Morgan fingerprint density at radius 2 is 1.95 bits per heavy atom. The summed E-state index contributed by atoms with van der Waals surface area (Å²) in [6.07, 6.45) is 0. The van der Waals surface area contributed by atoms with Crippen LogP contribution in [0.5, 0.6) is 0 Å². The number of aromatic nitrogens is 2. The van der Waals surface area contributed by atoms with Crippen LogP contribution >= 0.6 is 11.6 Å². The molecule has 21 heavy (non-hydrogen) atoms. The van der Waals surface area contributed by atoms with Crippen molar-refractivity contribution in [1.29, 1.82) is 0 Å². The number of imidazole rings is 1. The maximum Gasteiger partial charge on any atom is 0.117 e. The van der Waals surface area contributed by atoms with E-state index in [4.69, 9.17) is 22.3 Å². The summed E-state index contributed by atoms with van der Waals surface area (Å²) in [6, 6.07) is 11.8. The van der Waals surface area contributed by atoms with Gasteiger partial charge in [-0.3, -0.25) is 4.57 Å². The second-order valence-corrected chi connectivity index (χ2v) is 6.00. The van der Waals surface area contributed by atoms with E-state index in [-0.39, 0.29) is 0 Å². The highest BCUT2D eigenvalue weighted by Gasteiger charge is 2.17. The van der Waals surface area contributed by atoms with E-state index in [1.165, 1.54) is 0 Å². The SMILES string of the molecule is Cc1c(Cl)cccc1-n1c(C(C)C)nc2cc(N)ccc21. The topological polar surface area (TPSA) is 43.8 Å². The molecular weight excluding hydrogens is 282 g/mol. The highest BCUT2D eigenvalue weighted by atomic mass is 35.5. The van der Waals surface area contributed by atoms with Crippen LogP contribution in [0.1, 0.15) is 31.2 Å². The molecule has 0 amide bonds. The van der Waals surface area contributed by atoms with Gasteiger partial charge in [-0.2, -0.15) is 0 Å². The average molecular weight is 300 g/mol. The molecule has 3 aromatic rings. The van der Waals surface area contributed by atoms with Gasteiger partial charge in [0, 0.05) is 16.6 Å². The molecule has 0 atom stereocenters. The minimum Gasteiger partial charge on any atom is -0.399 e. The normalized spacial score (nSPS) is 11.5. The molecule has 0 aliphatic carbocycles. The molecule has 4 heteroatoms. The number of nitrogens with two attached hydrogens (primary N) is 1. The van der Waals surface area contributed by atoms with Gasteiger partial charge in [-0.15, -0.1) is 0 Å². The number of hydrogen-bond acceptors (Lipinski definition) is 2. The van der Waals surface area contributed by atoms with Gasteiger partial charge in [-0.05, 0) is 42.8 Å². The number of halogens is 1. The van der Waals surface area contributed by atoms with Crippen LogP contribution < -0.4 is 5.73 Å². The molecule has 1 heterocycles. The maximum absolute atomic E-state index is 6.29. The van der Waals surface area contributed by atoms with Crippen molar-refractivity contribution >= 4 is 28.3 Å². The molecule has 0 aliphatic heterocycles. The summed E-state index contributed by atoms with van der Waals surface area (Å²) < 4.78 is 2.18. The second kappa shape index (κ2) is 5.08. The Hall–Kier alpha value is -2.00. The van der Waals surface area contributed by atoms with E-state index in [9.17, 15) is 0 Å². The summed E-state index contributed by atoms with van der Waals surface area (Å²) in [5.41, 5.74) is 10.7. The molecule has 0 bridgehead atoms. The first-order valence-electron chi connectivity index (χ1n) is 7.02. The Morgan fingerprint density at radius 1 is 1.19 bits per heavy atom.